The molecule has 1 amide bonds. The number of esters is 1. The van der Waals surface area contributed by atoms with Crippen molar-refractivity contribution in [2.24, 2.45) is 0 Å². The predicted octanol–water partition coefficient (Wildman–Crippen LogP) is 3.00. The highest BCUT2D eigenvalue weighted by Crippen LogP contribution is 2.09. The largest absolute Gasteiger partial charge is 0.469 e. The first-order valence-corrected chi connectivity index (χ1v) is 8.08. The molecule has 0 bridgehead atoms. The molecule has 0 radical (unpaired) electrons. The molecule has 130 valence electrons. The number of nitrogens with zero attached hydrogens (tertiary/aromatic N) is 2. The molecule has 0 fully saturated rings. The number of aryl methyl sites for hydroxylation is 1. The molecule has 0 atom stereocenters. The van der Waals surface area contributed by atoms with E-state index in [2.05, 4.69) is 9.72 Å². The summed E-state index contributed by atoms with van der Waals surface area (Å²) in [6.07, 6.45) is 6.83. The van der Waals surface area contributed by atoms with Crippen molar-refractivity contribution in [2.45, 2.75) is 19.9 Å². The minimum absolute atomic E-state index is 0.152. The molecule has 0 saturated heterocycles. The van der Waals surface area contributed by atoms with Crippen molar-refractivity contribution in [3.8, 4) is 0 Å². The number of hydrogen-bond acceptors (Lipinski definition) is 4. The van der Waals surface area contributed by atoms with E-state index in [1.54, 1.807) is 23.4 Å². The lowest BCUT2D eigenvalue weighted by Crippen LogP contribution is -2.31. The van der Waals surface area contributed by atoms with E-state index in [9.17, 15) is 9.59 Å². The van der Waals surface area contributed by atoms with Crippen LogP contribution in [0.15, 0.2) is 54.9 Å². The fourth-order valence-electron chi connectivity index (χ4n) is 2.25. The number of rotatable bonds is 7. The van der Waals surface area contributed by atoms with E-state index in [4.69, 9.17) is 0 Å². The first-order valence-electron chi connectivity index (χ1n) is 8.08. The van der Waals surface area contributed by atoms with E-state index in [0.717, 1.165) is 11.1 Å². The zero-order valence-electron chi connectivity index (χ0n) is 14.5. The quantitative estimate of drug-likeness (QED) is 0.575. The number of carbonyl (C=O) groups excluding carboxylic acids is 2. The standard InChI is InChI=1S/C20H22N2O3/c1-16-3-5-17(6-4-16)7-8-19(23)22(14-11-20(24)25-2)15-18-9-12-21-13-10-18/h3-10,12-13H,11,14-15H2,1-2H3/b8-7+. The van der Waals surface area contributed by atoms with Gasteiger partial charge >= 0.3 is 5.97 Å². The maximum Gasteiger partial charge on any atom is 0.307 e. The number of methoxy groups -OCH3 is 1. The molecule has 2 rings (SSSR count). The minimum atomic E-state index is -0.338. The van der Waals surface area contributed by atoms with Crippen LogP contribution in [0.3, 0.4) is 0 Å². The summed E-state index contributed by atoms with van der Waals surface area (Å²) in [5, 5.41) is 0. The van der Waals surface area contributed by atoms with Gasteiger partial charge in [-0.2, -0.15) is 0 Å². The van der Waals surface area contributed by atoms with Gasteiger partial charge in [-0.15, -0.1) is 0 Å². The van der Waals surface area contributed by atoms with E-state index in [0.29, 0.717) is 13.1 Å². The molecule has 5 heteroatoms. The Bertz CT molecular complexity index is 724. The number of pyridine rings is 1. The third-order valence-electron chi connectivity index (χ3n) is 3.74. The van der Waals surface area contributed by atoms with Crippen molar-refractivity contribution >= 4 is 18.0 Å². The van der Waals surface area contributed by atoms with E-state index in [1.807, 2.05) is 43.3 Å². The van der Waals surface area contributed by atoms with E-state index in [-0.39, 0.29) is 18.3 Å². The molecule has 25 heavy (non-hydrogen) atoms. The Hall–Kier alpha value is -2.95. The zero-order valence-corrected chi connectivity index (χ0v) is 14.5. The molecule has 0 spiro atoms. The lowest BCUT2D eigenvalue weighted by molar-refractivity contribution is -0.141. The van der Waals surface area contributed by atoms with Gasteiger partial charge in [-0.1, -0.05) is 29.8 Å². The Kier molecular flexibility index (Phi) is 6.89. The van der Waals surface area contributed by atoms with Gasteiger partial charge in [0.1, 0.15) is 0 Å². The van der Waals surface area contributed by atoms with Crippen molar-refractivity contribution < 1.29 is 14.3 Å². The average molecular weight is 338 g/mol. The van der Waals surface area contributed by atoms with Gasteiger partial charge in [0.05, 0.1) is 13.5 Å². The average Bonchev–Trinajstić information content (AvgIpc) is 2.64. The molecule has 0 aliphatic carbocycles. The summed E-state index contributed by atoms with van der Waals surface area (Å²) in [6.45, 7) is 2.73. The lowest BCUT2D eigenvalue weighted by atomic mass is 10.1. The van der Waals surface area contributed by atoms with Gasteiger partial charge in [0, 0.05) is 31.6 Å². The van der Waals surface area contributed by atoms with Crippen LogP contribution in [0.25, 0.3) is 6.08 Å². The predicted molar refractivity (Wildman–Crippen MR) is 96.5 cm³/mol. The monoisotopic (exact) mass is 338 g/mol. The number of aromatic nitrogens is 1. The van der Waals surface area contributed by atoms with Crippen molar-refractivity contribution in [1.29, 1.82) is 0 Å². The molecule has 1 aromatic carbocycles. The van der Waals surface area contributed by atoms with Crippen LogP contribution < -0.4 is 0 Å². The number of hydrogen-bond donors (Lipinski definition) is 0. The summed E-state index contributed by atoms with van der Waals surface area (Å²) < 4.78 is 4.67. The number of carbonyl (C=O) groups is 2. The molecule has 0 saturated carbocycles. The highest BCUT2D eigenvalue weighted by atomic mass is 16.5. The first kappa shape index (κ1) is 18.4. The lowest BCUT2D eigenvalue weighted by Gasteiger charge is -2.20. The fourth-order valence-corrected chi connectivity index (χ4v) is 2.25. The van der Waals surface area contributed by atoms with Crippen LogP contribution in [0.2, 0.25) is 0 Å². The van der Waals surface area contributed by atoms with Crippen molar-refractivity contribution in [3.05, 3.63) is 71.6 Å². The van der Waals surface area contributed by atoms with Crippen molar-refractivity contribution in [1.82, 2.24) is 9.88 Å². The third-order valence-corrected chi connectivity index (χ3v) is 3.74. The molecule has 0 aliphatic rings. The maximum atomic E-state index is 12.6. The summed E-state index contributed by atoms with van der Waals surface area (Å²) in [5.74, 6) is -0.490. The van der Waals surface area contributed by atoms with Gasteiger partial charge in [-0.3, -0.25) is 14.6 Å². The topological polar surface area (TPSA) is 59.5 Å². The molecule has 0 aliphatic heterocycles. The Morgan fingerprint density at radius 2 is 1.80 bits per heavy atom. The molecule has 0 unspecified atom stereocenters. The summed E-state index contributed by atoms with van der Waals surface area (Å²) in [7, 11) is 1.34. The molecule has 2 aromatic rings. The van der Waals surface area contributed by atoms with Crippen LogP contribution in [0, 0.1) is 6.92 Å². The zero-order chi connectivity index (χ0) is 18.1. The van der Waals surface area contributed by atoms with Gasteiger partial charge in [-0.05, 0) is 36.3 Å². The molecular formula is C20H22N2O3. The van der Waals surface area contributed by atoms with Crippen LogP contribution >= 0.6 is 0 Å². The van der Waals surface area contributed by atoms with Crippen molar-refractivity contribution in [2.75, 3.05) is 13.7 Å². The molecule has 1 heterocycles. The minimum Gasteiger partial charge on any atom is -0.469 e. The second-order valence-electron chi connectivity index (χ2n) is 5.69. The maximum absolute atomic E-state index is 12.6. The third kappa shape index (κ3) is 6.22. The van der Waals surface area contributed by atoms with Gasteiger partial charge < -0.3 is 9.64 Å². The summed E-state index contributed by atoms with van der Waals surface area (Å²) >= 11 is 0. The van der Waals surface area contributed by atoms with Crippen LogP contribution in [-0.4, -0.2) is 35.4 Å². The summed E-state index contributed by atoms with van der Waals surface area (Å²) in [5.41, 5.74) is 3.08. The summed E-state index contributed by atoms with van der Waals surface area (Å²) in [6, 6.07) is 11.6. The second kappa shape index (κ2) is 9.37. The van der Waals surface area contributed by atoms with Crippen LogP contribution in [0.1, 0.15) is 23.1 Å². The Balaban J connectivity index is 2.07. The number of benzene rings is 1. The number of ether oxygens (including phenoxy) is 1. The number of amides is 1. The first-order chi connectivity index (χ1) is 12.1. The highest BCUT2D eigenvalue weighted by Gasteiger charge is 2.13. The highest BCUT2D eigenvalue weighted by molar-refractivity contribution is 5.92. The van der Waals surface area contributed by atoms with Crippen LogP contribution in [0.5, 0.6) is 0 Å². The van der Waals surface area contributed by atoms with E-state index in [1.165, 1.54) is 18.7 Å². The summed E-state index contributed by atoms with van der Waals surface area (Å²) in [4.78, 5) is 29.6. The van der Waals surface area contributed by atoms with E-state index >= 15 is 0 Å². The molecule has 1 aromatic heterocycles. The fraction of sp³-hybridized carbons (Fsp3) is 0.250. The SMILES string of the molecule is COC(=O)CCN(Cc1ccncc1)C(=O)/C=C/c1ccc(C)cc1. The second-order valence-corrected chi connectivity index (χ2v) is 5.69. The van der Waals surface area contributed by atoms with Gasteiger partial charge in [0.15, 0.2) is 0 Å². The van der Waals surface area contributed by atoms with Crippen molar-refractivity contribution in [3.63, 3.8) is 0 Å². The normalized spacial score (nSPS) is 10.6. The Morgan fingerprint density at radius 1 is 1.12 bits per heavy atom. The van der Waals surface area contributed by atoms with Gasteiger partial charge in [0.25, 0.3) is 0 Å². The Morgan fingerprint density at radius 3 is 2.44 bits per heavy atom. The van der Waals surface area contributed by atoms with Gasteiger partial charge in [0.2, 0.25) is 5.91 Å². The molecule has 5 nitrogen and oxygen atoms in total. The molecule has 0 N–H and O–H groups in total. The Labute approximate surface area is 147 Å². The molecular weight excluding hydrogens is 316 g/mol. The van der Waals surface area contributed by atoms with Crippen LogP contribution in [0.4, 0.5) is 0 Å². The smallest absolute Gasteiger partial charge is 0.307 e. The van der Waals surface area contributed by atoms with E-state index < -0.39 is 0 Å². The van der Waals surface area contributed by atoms with Gasteiger partial charge in [-0.25, -0.2) is 0 Å². The van der Waals surface area contributed by atoms with Crippen LogP contribution in [-0.2, 0) is 20.9 Å².